The van der Waals surface area contributed by atoms with Crippen molar-refractivity contribution in [2.45, 2.75) is 20.0 Å². The number of benzene rings is 2. The number of carbonyl (C=O) groups is 1. The van der Waals surface area contributed by atoms with Gasteiger partial charge in [-0.15, -0.1) is 0 Å². The van der Waals surface area contributed by atoms with Crippen LogP contribution in [0.25, 0.3) is 10.8 Å². The molecule has 130 valence electrons. The molecule has 0 fully saturated rings. The van der Waals surface area contributed by atoms with Crippen molar-refractivity contribution in [3.63, 3.8) is 0 Å². The standard InChI is InChI=1S/C20H19N5O/c1-15-11-21-25(12-15)14-20(26)22-19-9-10-24(23-19)13-17-7-4-6-16-5-2-3-8-18(16)17/h2-12H,13-14H2,1H3,(H,22,23,26). The van der Waals surface area contributed by atoms with Gasteiger partial charge in [-0.3, -0.25) is 14.2 Å². The number of amides is 1. The average molecular weight is 345 g/mol. The molecule has 1 amide bonds. The van der Waals surface area contributed by atoms with E-state index >= 15 is 0 Å². The molecule has 2 aromatic carbocycles. The van der Waals surface area contributed by atoms with Crippen LogP contribution in [0.5, 0.6) is 0 Å². The lowest BCUT2D eigenvalue weighted by Crippen LogP contribution is -2.19. The second-order valence-corrected chi connectivity index (χ2v) is 6.30. The maximum Gasteiger partial charge on any atom is 0.247 e. The quantitative estimate of drug-likeness (QED) is 0.604. The van der Waals surface area contributed by atoms with E-state index in [1.807, 2.05) is 36.1 Å². The maximum absolute atomic E-state index is 12.1. The molecule has 0 saturated heterocycles. The van der Waals surface area contributed by atoms with Crippen LogP contribution in [-0.2, 0) is 17.9 Å². The number of nitrogens with zero attached hydrogens (tertiary/aromatic N) is 4. The molecule has 6 heteroatoms. The second-order valence-electron chi connectivity index (χ2n) is 6.30. The van der Waals surface area contributed by atoms with E-state index in [2.05, 4.69) is 45.8 Å². The molecule has 2 heterocycles. The fourth-order valence-electron chi connectivity index (χ4n) is 3.00. The Kier molecular flexibility index (Phi) is 4.23. The van der Waals surface area contributed by atoms with Crippen LogP contribution in [0.2, 0.25) is 0 Å². The molecule has 0 saturated carbocycles. The Bertz CT molecular complexity index is 1060. The van der Waals surface area contributed by atoms with Crippen molar-refractivity contribution >= 4 is 22.5 Å². The largest absolute Gasteiger partial charge is 0.308 e. The minimum atomic E-state index is -0.150. The Balaban J connectivity index is 1.45. The van der Waals surface area contributed by atoms with Crippen molar-refractivity contribution in [1.29, 1.82) is 0 Å². The van der Waals surface area contributed by atoms with Gasteiger partial charge in [0.15, 0.2) is 5.82 Å². The first kappa shape index (κ1) is 16.1. The van der Waals surface area contributed by atoms with Crippen LogP contribution in [0.15, 0.2) is 67.1 Å². The first-order valence-corrected chi connectivity index (χ1v) is 8.46. The van der Waals surface area contributed by atoms with Gasteiger partial charge in [0.1, 0.15) is 6.54 Å². The number of nitrogens with one attached hydrogen (secondary N) is 1. The Morgan fingerprint density at radius 3 is 2.77 bits per heavy atom. The summed E-state index contributed by atoms with van der Waals surface area (Å²) in [6.07, 6.45) is 5.43. The van der Waals surface area contributed by atoms with Gasteiger partial charge >= 0.3 is 0 Å². The summed E-state index contributed by atoms with van der Waals surface area (Å²) in [7, 11) is 0. The lowest BCUT2D eigenvalue weighted by Gasteiger charge is -2.07. The van der Waals surface area contributed by atoms with Crippen LogP contribution in [0, 0.1) is 6.92 Å². The van der Waals surface area contributed by atoms with E-state index in [4.69, 9.17) is 0 Å². The van der Waals surface area contributed by atoms with Crippen LogP contribution >= 0.6 is 0 Å². The number of carbonyl (C=O) groups excluding carboxylic acids is 1. The Morgan fingerprint density at radius 1 is 1.08 bits per heavy atom. The molecule has 0 unspecified atom stereocenters. The van der Waals surface area contributed by atoms with Crippen LogP contribution in [0.4, 0.5) is 5.82 Å². The summed E-state index contributed by atoms with van der Waals surface area (Å²) in [6.45, 7) is 2.76. The zero-order valence-electron chi connectivity index (χ0n) is 14.5. The van der Waals surface area contributed by atoms with Gasteiger partial charge in [0.25, 0.3) is 0 Å². The van der Waals surface area contributed by atoms with Gasteiger partial charge in [-0.1, -0.05) is 42.5 Å². The highest BCUT2D eigenvalue weighted by molar-refractivity contribution is 5.89. The first-order valence-electron chi connectivity index (χ1n) is 8.46. The van der Waals surface area contributed by atoms with E-state index in [9.17, 15) is 4.79 Å². The predicted octanol–water partition coefficient (Wildman–Crippen LogP) is 3.23. The molecule has 4 rings (SSSR count). The molecule has 2 aromatic heterocycles. The van der Waals surface area contributed by atoms with Crippen molar-refractivity contribution < 1.29 is 4.79 Å². The van der Waals surface area contributed by atoms with Gasteiger partial charge < -0.3 is 5.32 Å². The second kappa shape index (κ2) is 6.84. The van der Waals surface area contributed by atoms with Crippen LogP contribution in [-0.4, -0.2) is 25.5 Å². The predicted molar refractivity (Wildman–Crippen MR) is 101 cm³/mol. The fraction of sp³-hybridized carbons (Fsp3) is 0.150. The summed E-state index contributed by atoms with van der Waals surface area (Å²) >= 11 is 0. The number of rotatable bonds is 5. The third-order valence-electron chi connectivity index (χ3n) is 4.19. The lowest BCUT2D eigenvalue weighted by atomic mass is 10.0. The molecular formula is C20H19N5O. The van der Waals surface area contributed by atoms with E-state index in [1.165, 1.54) is 16.3 Å². The number of hydrogen-bond donors (Lipinski definition) is 1. The summed E-state index contributed by atoms with van der Waals surface area (Å²) in [4.78, 5) is 12.1. The molecule has 0 aliphatic rings. The van der Waals surface area contributed by atoms with Gasteiger partial charge in [-0.25, -0.2) is 0 Å². The van der Waals surface area contributed by atoms with E-state index in [0.717, 1.165) is 5.56 Å². The molecule has 0 radical (unpaired) electrons. The smallest absolute Gasteiger partial charge is 0.247 e. The van der Waals surface area contributed by atoms with E-state index < -0.39 is 0 Å². The van der Waals surface area contributed by atoms with E-state index in [1.54, 1.807) is 16.9 Å². The van der Waals surface area contributed by atoms with Crippen molar-refractivity contribution in [1.82, 2.24) is 19.6 Å². The third kappa shape index (κ3) is 3.49. The third-order valence-corrected chi connectivity index (χ3v) is 4.19. The van der Waals surface area contributed by atoms with E-state index in [0.29, 0.717) is 12.4 Å². The van der Waals surface area contributed by atoms with E-state index in [-0.39, 0.29) is 12.5 Å². The molecule has 0 spiro atoms. The van der Waals surface area contributed by atoms with Crippen molar-refractivity contribution in [2.75, 3.05) is 5.32 Å². The van der Waals surface area contributed by atoms with Gasteiger partial charge in [0.05, 0.1) is 12.7 Å². The molecule has 0 aliphatic carbocycles. The van der Waals surface area contributed by atoms with Gasteiger partial charge in [-0.2, -0.15) is 10.2 Å². The molecule has 0 aliphatic heterocycles. The summed E-state index contributed by atoms with van der Waals surface area (Å²) in [5.41, 5.74) is 2.22. The summed E-state index contributed by atoms with van der Waals surface area (Å²) in [5.74, 6) is 0.391. The van der Waals surface area contributed by atoms with Crippen LogP contribution < -0.4 is 5.32 Å². The number of anilines is 1. The van der Waals surface area contributed by atoms with Crippen molar-refractivity contribution in [3.8, 4) is 0 Å². The van der Waals surface area contributed by atoms with Crippen LogP contribution in [0.1, 0.15) is 11.1 Å². The normalized spacial score (nSPS) is 11.0. The highest BCUT2D eigenvalue weighted by atomic mass is 16.2. The summed E-state index contributed by atoms with van der Waals surface area (Å²) in [5, 5.41) is 13.8. The fourth-order valence-corrected chi connectivity index (χ4v) is 3.00. The molecule has 0 atom stereocenters. The SMILES string of the molecule is Cc1cnn(CC(=O)Nc2ccn(Cc3cccc4ccccc34)n2)c1. The average Bonchev–Trinajstić information content (AvgIpc) is 3.24. The summed E-state index contributed by atoms with van der Waals surface area (Å²) < 4.78 is 3.44. The number of hydrogen-bond acceptors (Lipinski definition) is 3. The molecule has 4 aromatic rings. The Hall–Kier alpha value is -3.41. The Morgan fingerprint density at radius 2 is 1.92 bits per heavy atom. The molecule has 0 bridgehead atoms. The molecule has 26 heavy (non-hydrogen) atoms. The van der Waals surface area contributed by atoms with Gasteiger partial charge in [0.2, 0.25) is 5.91 Å². The van der Waals surface area contributed by atoms with Gasteiger partial charge in [0, 0.05) is 18.5 Å². The minimum Gasteiger partial charge on any atom is -0.308 e. The molecular weight excluding hydrogens is 326 g/mol. The highest BCUT2D eigenvalue weighted by Gasteiger charge is 2.08. The summed E-state index contributed by atoms with van der Waals surface area (Å²) in [6, 6.07) is 16.3. The number of aromatic nitrogens is 4. The van der Waals surface area contributed by atoms with Gasteiger partial charge in [-0.05, 0) is 28.8 Å². The highest BCUT2D eigenvalue weighted by Crippen LogP contribution is 2.19. The monoisotopic (exact) mass is 345 g/mol. The lowest BCUT2D eigenvalue weighted by molar-refractivity contribution is -0.116. The van der Waals surface area contributed by atoms with Crippen molar-refractivity contribution in [2.24, 2.45) is 0 Å². The number of fused-ring (bicyclic) bond motifs is 1. The zero-order valence-corrected chi connectivity index (χ0v) is 14.5. The topological polar surface area (TPSA) is 64.7 Å². The Labute approximate surface area is 151 Å². The maximum atomic E-state index is 12.1. The van der Waals surface area contributed by atoms with Crippen LogP contribution in [0.3, 0.4) is 0 Å². The van der Waals surface area contributed by atoms with Crippen molar-refractivity contribution in [3.05, 3.63) is 78.2 Å². The molecule has 6 nitrogen and oxygen atoms in total. The minimum absolute atomic E-state index is 0.150. The first-order chi connectivity index (χ1) is 12.7. The number of aryl methyl sites for hydroxylation is 1. The molecule has 1 N–H and O–H groups in total. The zero-order chi connectivity index (χ0) is 17.9.